The molecule has 3 rings (SSSR count). The third-order valence-corrected chi connectivity index (χ3v) is 4.37. The second kappa shape index (κ2) is 7.40. The number of nitrogens with one attached hydrogen (secondary N) is 1. The van der Waals surface area contributed by atoms with E-state index in [1.54, 1.807) is 12.1 Å². The van der Waals surface area contributed by atoms with Gasteiger partial charge in [-0.25, -0.2) is 4.79 Å². The summed E-state index contributed by atoms with van der Waals surface area (Å²) in [6, 6.07) is 18.2. The van der Waals surface area contributed by atoms with Gasteiger partial charge in [0.15, 0.2) is 0 Å². The Morgan fingerprint density at radius 1 is 1.09 bits per heavy atom. The zero-order valence-corrected chi connectivity index (χ0v) is 13.1. The maximum Gasteiger partial charge on any atom is 0.335 e. The minimum Gasteiger partial charge on any atom is -0.478 e. The molecular weight excluding hydrogens is 288 g/mol. The Bertz CT molecular complexity index is 640. The molecule has 0 unspecified atom stereocenters. The molecule has 2 N–H and O–H groups in total. The summed E-state index contributed by atoms with van der Waals surface area (Å²) in [7, 11) is 0. The summed E-state index contributed by atoms with van der Waals surface area (Å²) in [5, 5.41) is 12.5. The molecule has 1 aliphatic rings. The Kier molecular flexibility index (Phi) is 5.05. The number of carbonyl (C=O) groups is 1. The normalized spacial score (nSPS) is 18.7. The van der Waals surface area contributed by atoms with Gasteiger partial charge in [0.2, 0.25) is 0 Å². The van der Waals surface area contributed by atoms with Crippen LogP contribution in [-0.2, 0) is 13.0 Å². The first-order chi connectivity index (χ1) is 11.2. The van der Waals surface area contributed by atoms with Crippen molar-refractivity contribution in [3.05, 3.63) is 71.3 Å². The van der Waals surface area contributed by atoms with Crippen molar-refractivity contribution in [2.75, 3.05) is 19.6 Å². The number of carboxylic acids is 1. The smallest absolute Gasteiger partial charge is 0.335 e. The minimum absolute atomic E-state index is 0.342. The molecule has 4 nitrogen and oxygen atoms in total. The van der Waals surface area contributed by atoms with Crippen molar-refractivity contribution >= 4 is 5.97 Å². The second-order valence-corrected chi connectivity index (χ2v) is 6.02. The Labute approximate surface area is 136 Å². The van der Waals surface area contributed by atoms with Crippen LogP contribution in [0.3, 0.4) is 0 Å². The van der Waals surface area contributed by atoms with E-state index in [-0.39, 0.29) is 0 Å². The fourth-order valence-electron chi connectivity index (χ4n) is 3.09. The van der Waals surface area contributed by atoms with E-state index < -0.39 is 5.97 Å². The number of aromatic carboxylic acids is 1. The van der Waals surface area contributed by atoms with Crippen LogP contribution < -0.4 is 5.32 Å². The summed E-state index contributed by atoms with van der Waals surface area (Å²) in [4.78, 5) is 13.4. The molecule has 0 saturated carbocycles. The van der Waals surface area contributed by atoms with Crippen LogP contribution in [0.25, 0.3) is 0 Å². The lowest BCUT2D eigenvalue weighted by Crippen LogP contribution is -2.51. The predicted molar refractivity (Wildman–Crippen MR) is 90.6 cm³/mol. The zero-order chi connectivity index (χ0) is 16.1. The first-order valence-electron chi connectivity index (χ1n) is 8.03. The summed E-state index contributed by atoms with van der Waals surface area (Å²) in [5.74, 6) is -0.874. The maximum absolute atomic E-state index is 10.9. The largest absolute Gasteiger partial charge is 0.478 e. The lowest BCUT2D eigenvalue weighted by molar-refractivity contribution is 0.0697. The van der Waals surface area contributed by atoms with Crippen molar-refractivity contribution in [1.82, 2.24) is 10.2 Å². The third-order valence-electron chi connectivity index (χ3n) is 4.37. The van der Waals surface area contributed by atoms with Crippen LogP contribution >= 0.6 is 0 Å². The van der Waals surface area contributed by atoms with Crippen LogP contribution in [0, 0.1) is 0 Å². The SMILES string of the molecule is O=C(O)c1ccc(CN2CCNC[C@@H]2Cc2ccccc2)cc1. The highest BCUT2D eigenvalue weighted by molar-refractivity contribution is 5.87. The number of benzene rings is 2. The monoisotopic (exact) mass is 310 g/mol. The molecule has 1 saturated heterocycles. The lowest BCUT2D eigenvalue weighted by Gasteiger charge is -2.36. The molecule has 0 amide bonds. The highest BCUT2D eigenvalue weighted by Crippen LogP contribution is 2.15. The molecule has 1 atom stereocenters. The molecule has 2 aromatic carbocycles. The number of piperazine rings is 1. The van der Waals surface area contributed by atoms with Gasteiger partial charge in [0, 0.05) is 32.2 Å². The molecule has 1 aliphatic heterocycles. The Morgan fingerprint density at radius 2 is 1.83 bits per heavy atom. The van der Waals surface area contributed by atoms with E-state index in [4.69, 9.17) is 5.11 Å². The highest BCUT2D eigenvalue weighted by atomic mass is 16.4. The Morgan fingerprint density at radius 3 is 2.52 bits per heavy atom. The number of hydrogen-bond acceptors (Lipinski definition) is 3. The van der Waals surface area contributed by atoms with E-state index in [1.165, 1.54) is 5.56 Å². The van der Waals surface area contributed by atoms with E-state index in [0.29, 0.717) is 11.6 Å². The first-order valence-corrected chi connectivity index (χ1v) is 8.03. The Balaban J connectivity index is 1.67. The number of hydrogen-bond donors (Lipinski definition) is 2. The van der Waals surface area contributed by atoms with Crippen molar-refractivity contribution < 1.29 is 9.90 Å². The highest BCUT2D eigenvalue weighted by Gasteiger charge is 2.22. The molecule has 0 aromatic heterocycles. The van der Waals surface area contributed by atoms with Gasteiger partial charge in [-0.3, -0.25) is 4.90 Å². The van der Waals surface area contributed by atoms with E-state index >= 15 is 0 Å². The molecule has 0 radical (unpaired) electrons. The fourth-order valence-corrected chi connectivity index (χ4v) is 3.09. The van der Waals surface area contributed by atoms with Gasteiger partial charge in [-0.05, 0) is 29.7 Å². The van der Waals surface area contributed by atoms with Crippen LogP contribution in [0.4, 0.5) is 0 Å². The number of carboxylic acid groups (broad SMARTS) is 1. The van der Waals surface area contributed by atoms with Crippen LogP contribution in [0.15, 0.2) is 54.6 Å². The van der Waals surface area contributed by atoms with E-state index in [2.05, 4.69) is 34.5 Å². The third kappa shape index (κ3) is 4.18. The van der Waals surface area contributed by atoms with Gasteiger partial charge in [-0.15, -0.1) is 0 Å². The molecule has 2 aromatic rings. The van der Waals surface area contributed by atoms with E-state index in [9.17, 15) is 4.79 Å². The molecule has 0 bridgehead atoms. The van der Waals surface area contributed by atoms with Gasteiger partial charge >= 0.3 is 5.97 Å². The standard InChI is InChI=1S/C19H22N2O2/c22-19(23)17-8-6-16(7-9-17)14-21-11-10-20-13-18(21)12-15-4-2-1-3-5-15/h1-9,18,20H,10-14H2,(H,22,23)/t18-/m0/s1. The first kappa shape index (κ1) is 15.7. The van der Waals surface area contributed by atoms with Gasteiger partial charge in [0.05, 0.1) is 5.56 Å². The predicted octanol–water partition coefficient (Wildman–Crippen LogP) is 2.40. The molecule has 120 valence electrons. The van der Waals surface area contributed by atoms with E-state index in [1.807, 2.05) is 18.2 Å². The molecular formula is C19H22N2O2. The van der Waals surface area contributed by atoms with Crippen molar-refractivity contribution in [3.63, 3.8) is 0 Å². The molecule has 23 heavy (non-hydrogen) atoms. The summed E-state index contributed by atoms with van der Waals surface area (Å²) in [6.07, 6.45) is 1.03. The molecule has 1 fully saturated rings. The van der Waals surface area contributed by atoms with Crippen LogP contribution in [0.2, 0.25) is 0 Å². The van der Waals surface area contributed by atoms with E-state index in [0.717, 1.165) is 38.2 Å². The number of nitrogens with zero attached hydrogens (tertiary/aromatic N) is 1. The van der Waals surface area contributed by atoms with Gasteiger partial charge in [0.25, 0.3) is 0 Å². The summed E-state index contributed by atoms with van der Waals surface area (Å²) in [6.45, 7) is 3.86. The lowest BCUT2D eigenvalue weighted by atomic mass is 10.0. The molecule has 1 heterocycles. The average Bonchev–Trinajstić information content (AvgIpc) is 2.58. The van der Waals surface area contributed by atoms with Gasteiger partial charge in [0.1, 0.15) is 0 Å². The minimum atomic E-state index is -0.874. The summed E-state index contributed by atoms with van der Waals surface area (Å²) in [5.41, 5.74) is 2.86. The fraction of sp³-hybridized carbons (Fsp3) is 0.316. The molecule has 0 spiro atoms. The van der Waals surface area contributed by atoms with Crippen molar-refractivity contribution in [2.24, 2.45) is 0 Å². The van der Waals surface area contributed by atoms with Gasteiger partial charge < -0.3 is 10.4 Å². The average molecular weight is 310 g/mol. The quantitative estimate of drug-likeness (QED) is 0.890. The zero-order valence-electron chi connectivity index (χ0n) is 13.1. The Hall–Kier alpha value is -2.17. The topological polar surface area (TPSA) is 52.6 Å². The van der Waals surface area contributed by atoms with Crippen molar-refractivity contribution in [1.29, 1.82) is 0 Å². The van der Waals surface area contributed by atoms with Crippen LogP contribution in [-0.4, -0.2) is 41.7 Å². The molecule has 0 aliphatic carbocycles. The van der Waals surface area contributed by atoms with Crippen LogP contribution in [0.5, 0.6) is 0 Å². The second-order valence-electron chi connectivity index (χ2n) is 6.02. The van der Waals surface area contributed by atoms with Gasteiger partial charge in [-0.1, -0.05) is 42.5 Å². The van der Waals surface area contributed by atoms with Gasteiger partial charge in [-0.2, -0.15) is 0 Å². The van der Waals surface area contributed by atoms with Crippen molar-refractivity contribution in [3.8, 4) is 0 Å². The number of rotatable bonds is 5. The summed E-state index contributed by atoms with van der Waals surface area (Å²) < 4.78 is 0. The maximum atomic E-state index is 10.9. The summed E-state index contributed by atoms with van der Waals surface area (Å²) >= 11 is 0. The van der Waals surface area contributed by atoms with Crippen molar-refractivity contribution in [2.45, 2.75) is 19.0 Å². The molecule has 4 heteroatoms. The van der Waals surface area contributed by atoms with Crippen LogP contribution in [0.1, 0.15) is 21.5 Å².